The minimum atomic E-state index is -5.63. The molecule has 1 aliphatic rings. The van der Waals surface area contributed by atoms with E-state index in [1.165, 1.54) is 0 Å². The number of aryl methyl sites for hydroxylation is 1. The molecular weight excluding hydrogens is 503 g/mol. The van der Waals surface area contributed by atoms with Crippen molar-refractivity contribution < 1.29 is 60.7 Å². The molecule has 174 valence electrons. The molecule has 31 heavy (non-hydrogen) atoms. The van der Waals surface area contributed by atoms with Crippen LogP contribution in [0.3, 0.4) is 0 Å². The normalized spacial score (nSPS) is 26.1. The Bertz CT molecular complexity index is 1170. The third-order valence-electron chi connectivity index (χ3n) is 4.07. The summed E-state index contributed by atoms with van der Waals surface area (Å²) in [5.74, 6) is 0.653. The van der Waals surface area contributed by atoms with Crippen molar-refractivity contribution in [3.8, 4) is 0 Å². The first-order chi connectivity index (χ1) is 14.2. The lowest BCUT2D eigenvalue weighted by Crippen LogP contribution is -2.26. The van der Waals surface area contributed by atoms with E-state index in [0.717, 1.165) is 0 Å². The van der Waals surface area contributed by atoms with E-state index in [4.69, 9.17) is 36.1 Å². The molecule has 0 amide bonds. The van der Waals surface area contributed by atoms with E-state index in [1.807, 2.05) is 0 Å². The zero-order valence-corrected chi connectivity index (χ0v) is 19.1. The van der Waals surface area contributed by atoms with E-state index >= 15 is 0 Å². The van der Waals surface area contributed by atoms with Gasteiger partial charge in [-0.2, -0.15) is 8.62 Å². The van der Waals surface area contributed by atoms with Gasteiger partial charge in [0.1, 0.15) is 28.3 Å². The van der Waals surface area contributed by atoms with Crippen LogP contribution in [0.5, 0.6) is 0 Å². The summed E-state index contributed by atoms with van der Waals surface area (Å²) < 4.78 is 58.6. The molecule has 0 bridgehead atoms. The summed E-state index contributed by atoms with van der Waals surface area (Å²) in [6.45, 7) is 0.996. The lowest BCUT2D eigenvalue weighted by Gasteiger charge is -2.19. The molecule has 2 aromatic heterocycles. The van der Waals surface area contributed by atoms with Crippen LogP contribution >= 0.6 is 35.7 Å². The lowest BCUT2D eigenvalue weighted by atomic mass is 10.2. The Hall–Kier alpha value is -0.760. The maximum absolute atomic E-state index is 11.8. The number of aromatic nitrogens is 1. The maximum Gasteiger partial charge on any atom is 0.490 e. The SMILES string of the molecule is Cc1cc2c(=S)n([C@H]3CC(O)[C@@H](COP(=O)(O)OP(=O)(O)OP(=O)(O)O)O3)ccc2o1. The molecule has 0 aromatic carbocycles. The van der Waals surface area contributed by atoms with E-state index in [-0.39, 0.29) is 6.42 Å². The average molecular weight is 521 g/mol. The fourth-order valence-electron chi connectivity index (χ4n) is 2.91. The van der Waals surface area contributed by atoms with Crippen molar-refractivity contribution in [1.82, 2.24) is 4.57 Å². The first-order valence-corrected chi connectivity index (χ1v) is 13.3. The largest absolute Gasteiger partial charge is 0.490 e. The van der Waals surface area contributed by atoms with Crippen molar-refractivity contribution in [3.63, 3.8) is 0 Å². The number of nitrogens with zero attached hydrogens (tertiary/aromatic N) is 1. The van der Waals surface area contributed by atoms with Crippen LogP contribution in [0, 0.1) is 11.6 Å². The Morgan fingerprint density at radius 3 is 2.52 bits per heavy atom. The maximum atomic E-state index is 11.8. The van der Waals surface area contributed by atoms with Crippen LogP contribution in [0.25, 0.3) is 11.0 Å². The van der Waals surface area contributed by atoms with Gasteiger partial charge in [-0.05, 0) is 19.1 Å². The second kappa shape index (κ2) is 8.88. The third kappa shape index (κ3) is 6.40. The fraction of sp³-hybridized carbons (Fsp3) is 0.462. The van der Waals surface area contributed by atoms with E-state index in [2.05, 4.69) is 13.1 Å². The third-order valence-corrected chi connectivity index (χ3v) is 8.30. The number of fused-ring (bicyclic) bond motifs is 1. The second-order valence-electron chi connectivity index (χ2n) is 6.48. The predicted molar refractivity (Wildman–Crippen MR) is 104 cm³/mol. The molecule has 14 nitrogen and oxygen atoms in total. The van der Waals surface area contributed by atoms with Crippen LogP contribution < -0.4 is 0 Å². The molecule has 5 atom stereocenters. The quantitative estimate of drug-likeness (QED) is 0.249. The van der Waals surface area contributed by atoms with Crippen LogP contribution in [-0.2, 0) is 31.6 Å². The molecule has 5 N–H and O–H groups in total. The van der Waals surface area contributed by atoms with Gasteiger partial charge in [-0.25, -0.2) is 13.7 Å². The summed E-state index contributed by atoms with van der Waals surface area (Å²) >= 11 is 5.42. The Kier molecular flexibility index (Phi) is 7.13. The molecule has 1 fully saturated rings. The van der Waals surface area contributed by atoms with Gasteiger partial charge in [0.15, 0.2) is 0 Å². The molecule has 3 heterocycles. The monoisotopic (exact) mass is 521 g/mol. The van der Waals surface area contributed by atoms with Gasteiger partial charge in [-0.1, -0.05) is 12.2 Å². The van der Waals surface area contributed by atoms with Crippen LogP contribution in [0.15, 0.2) is 22.7 Å². The molecule has 3 unspecified atom stereocenters. The van der Waals surface area contributed by atoms with Gasteiger partial charge in [0.05, 0.1) is 18.1 Å². The number of ether oxygens (including phenoxy) is 1. The van der Waals surface area contributed by atoms with Crippen molar-refractivity contribution in [1.29, 1.82) is 0 Å². The summed E-state index contributed by atoms with van der Waals surface area (Å²) in [4.78, 5) is 35.7. The van der Waals surface area contributed by atoms with Crippen molar-refractivity contribution in [2.45, 2.75) is 31.8 Å². The Morgan fingerprint density at radius 1 is 1.19 bits per heavy atom. The zero-order valence-electron chi connectivity index (χ0n) is 15.6. The standard InChI is InChI=1S/C13H18NO13P3S/c1-7-4-8-10(24-7)2-3-14(13(8)31)12-5-9(15)11(25-12)6-23-29(19,20)27-30(21,22)26-28(16,17)18/h2-4,9,11-12,15H,5-6H2,1H3,(H,19,20)(H,21,22)(H2,16,17,18)/t9?,11-,12-/m1/s1. The topological polar surface area (TPSA) is 207 Å². The smallest absolute Gasteiger partial charge is 0.461 e. The molecule has 0 aliphatic carbocycles. The minimum absolute atomic E-state index is 0.0427. The van der Waals surface area contributed by atoms with Crippen LogP contribution in [0.1, 0.15) is 18.4 Å². The molecule has 1 saturated heterocycles. The van der Waals surface area contributed by atoms with Crippen molar-refractivity contribution in [2.75, 3.05) is 6.61 Å². The highest BCUT2D eigenvalue weighted by atomic mass is 32.1. The van der Waals surface area contributed by atoms with Crippen molar-refractivity contribution in [3.05, 3.63) is 28.7 Å². The molecule has 0 spiro atoms. The summed E-state index contributed by atoms with van der Waals surface area (Å²) in [5, 5.41) is 10.9. The number of phosphoric acid groups is 3. The first-order valence-electron chi connectivity index (χ1n) is 8.39. The summed E-state index contributed by atoms with van der Waals surface area (Å²) in [7, 11) is -16.4. The van der Waals surface area contributed by atoms with Gasteiger partial charge in [-0.3, -0.25) is 4.52 Å². The average Bonchev–Trinajstić information content (AvgIpc) is 3.12. The lowest BCUT2D eigenvalue weighted by molar-refractivity contribution is -0.0438. The van der Waals surface area contributed by atoms with Gasteiger partial charge in [-0.15, -0.1) is 0 Å². The first kappa shape index (κ1) is 24.9. The Labute approximate surface area is 179 Å². The highest BCUT2D eigenvalue weighted by Gasteiger charge is 2.42. The molecule has 3 rings (SSSR count). The number of hydrogen-bond acceptors (Lipinski definition) is 10. The van der Waals surface area contributed by atoms with Crippen LogP contribution in [0.4, 0.5) is 0 Å². The summed E-state index contributed by atoms with van der Waals surface area (Å²) in [6.07, 6.45) is -1.44. The van der Waals surface area contributed by atoms with E-state index < -0.39 is 48.5 Å². The highest BCUT2D eigenvalue weighted by Crippen LogP contribution is 2.66. The summed E-state index contributed by atoms with van der Waals surface area (Å²) in [6, 6.07) is 3.40. The number of hydrogen-bond donors (Lipinski definition) is 5. The Morgan fingerprint density at radius 2 is 1.87 bits per heavy atom. The Balaban J connectivity index is 1.66. The zero-order chi connectivity index (χ0) is 23.2. The van der Waals surface area contributed by atoms with Crippen molar-refractivity contribution in [2.24, 2.45) is 0 Å². The van der Waals surface area contributed by atoms with E-state index in [0.29, 0.717) is 21.4 Å². The van der Waals surface area contributed by atoms with E-state index in [1.54, 1.807) is 29.8 Å². The number of phosphoric ester groups is 1. The number of rotatable bonds is 8. The minimum Gasteiger partial charge on any atom is -0.461 e. The second-order valence-corrected chi connectivity index (χ2v) is 11.3. The van der Waals surface area contributed by atoms with E-state index in [9.17, 15) is 23.7 Å². The number of pyridine rings is 1. The molecule has 18 heteroatoms. The molecular formula is C13H18NO13P3S. The van der Waals surface area contributed by atoms with Gasteiger partial charge in [0, 0.05) is 12.6 Å². The van der Waals surface area contributed by atoms with Gasteiger partial charge in [0.25, 0.3) is 0 Å². The molecule has 2 aromatic rings. The van der Waals surface area contributed by atoms with Crippen molar-refractivity contribution >= 4 is 46.7 Å². The number of aliphatic hydroxyl groups is 1. The summed E-state index contributed by atoms with van der Waals surface area (Å²) in [5.41, 5.74) is 0.571. The molecule has 1 aliphatic heterocycles. The fourth-order valence-corrected chi connectivity index (χ4v) is 6.28. The molecule has 0 saturated carbocycles. The van der Waals surface area contributed by atoms with Crippen LogP contribution in [0.2, 0.25) is 0 Å². The van der Waals surface area contributed by atoms with Gasteiger partial charge < -0.3 is 38.4 Å². The highest BCUT2D eigenvalue weighted by molar-refractivity contribution is 7.71. The number of furan rings is 1. The predicted octanol–water partition coefficient (Wildman–Crippen LogP) is 2.26. The van der Waals surface area contributed by atoms with Gasteiger partial charge >= 0.3 is 23.5 Å². The molecule has 0 radical (unpaired) electrons. The number of aliphatic hydroxyl groups excluding tert-OH is 1. The van der Waals surface area contributed by atoms with Gasteiger partial charge in [0.2, 0.25) is 0 Å². The van der Waals surface area contributed by atoms with Crippen LogP contribution in [-0.4, -0.2) is 48.1 Å².